The molecule has 120 valence electrons. The lowest BCUT2D eigenvalue weighted by Gasteiger charge is -2.26. The lowest BCUT2D eigenvalue weighted by Crippen LogP contribution is -2.32. The molecule has 0 aliphatic carbocycles. The van der Waals surface area contributed by atoms with Crippen molar-refractivity contribution in [2.45, 2.75) is 10.4 Å². The van der Waals surface area contributed by atoms with Gasteiger partial charge in [-0.2, -0.15) is 13.2 Å². The molecule has 0 aromatic heterocycles. The summed E-state index contributed by atoms with van der Waals surface area (Å²) >= 11 is 3.20. The maximum Gasteiger partial charge on any atom is 0.501 e. The standard InChI is InChI=1S/C12H15BrF3NO3S/c1-20-9-8-17(7-6-13)10-4-2-3-5-11(10)21(18,19)12(14,15)16/h2-5H,6-9H2,1H3. The Morgan fingerprint density at radius 1 is 1.24 bits per heavy atom. The van der Waals surface area contributed by atoms with Crippen LogP contribution in [0.4, 0.5) is 18.9 Å². The predicted octanol–water partition coefficient (Wildman–Crippen LogP) is 2.83. The molecule has 9 heteroatoms. The van der Waals surface area contributed by atoms with Crippen molar-refractivity contribution in [3.8, 4) is 0 Å². The molecule has 0 spiro atoms. The molecular weight excluding hydrogens is 375 g/mol. The third-order valence-electron chi connectivity index (χ3n) is 2.72. The summed E-state index contributed by atoms with van der Waals surface area (Å²) < 4.78 is 66.5. The zero-order valence-corrected chi connectivity index (χ0v) is 13.6. The number of para-hydroxylation sites is 1. The zero-order valence-electron chi connectivity index (χ0n) is 11.2. The van der Waals surface area contributed by atoms with E-state index in [0.29, 0.717) is 11.9 Å². The van der Waals surface area contributed by atoms with Crippen molar-refractivity contribution in [1.29, 1.82) is 0 Å². The van der Waals surface area contributed by atoms with E-state index in [9.17, 15) is 21.6 Å². The lowest BCUT2D eigenvalue weighted by atomic mass is 10.3. The number of methoxy groups -OCH3 is 1. The quantitative estimate of drug-likeness (QED) is 0.672. The predicted molar refractivity (Wildman–Crippen MR) is 77.6 cm³/mol. The number of sulfone groups is 1. The monoisotopic (exact) mass is 389 g/mol. The van der Waals surface area contributed by atoms with Gasteiger partial charge in [0.25, 0.3) is 9.84 Å². The van der Waals surface area contributed by atoms with Crippen LogP contribution in [0.1, 0.15) is 0 Å². The van der Waals surface area contributed by atoms with Crippen LogP contribution >= 0.6 is 15.9 Å². The Bertz CT molecular complexity index is 563. The van der Waals surface area contributed by atoms with Gasteiger partial charge in [-0.1, -0.05) is 28.1 Å². The highest BCUT2D eigenvalue weighted by atomic mass is 79.9. The van der Waals surface area contributed by atoms with E-state index in [2.05, 4.69) is 15.9 Å². The second kappa shape index (κ2) is 7.46. The van der Waals surface area contributed by atoms with Crippen LogP contribution in [0.25, 0.3) is 0 Å². The largest absolute Gasteiger partial charge is 0.501 e. The van der Waals surface area contributed by atoms with Gasteiger partial charge in [0.1, 0.15) is 0 Å². The summed E-state index contributed by atoms with van der Waals surface area (Å²) in [4.78, 5) is 0.797. The second-order valence-corrected chi connectivity index (χ2v) is 6.79. The molecule has 0 unspecified atom stereocenters. The van der Waals surface area contributed by atoms with Crippen LogP contribution < -0.4 is 4.90 Å². The van der Waals surface area contributed by atoms with Crippen molar-refractivity contribution in [2.75, 3.05) is 37.0 Å². The number of anilines is 1. The van der Waals surface area contributed by atoms with E-state index in [4.69, 9.17) is 4.74 Å². The van der Waals surface area contributed by atoms with Crippen LogP contribution in [0.2, 0.25) is 0 Å². The van der Waals surface area contributed by atoms with Gasteiger partial charge in [-0.25, -0.2) is 8.42 Å². The smallest absolute Gasteiger partial charge is 0.383 e. The maximum atomic E-state index is 12.8. The molecule has 0 aliphatic heterocycles. The maximum absolute atomic E-state index is 12.8. The fourth-order valence-corrected chi connectivity index (χ4v) is 3.13. The first kappa shape index (κ1) is 18.2. The summed E-state index contributed by atoms with van der Waals surface area (Å²) in [7, 11) is -3.93. The van der Waals surface area contributed by atoms with Gasteiger partial charge >= 0.3 is 5.51 Å². The number of hydrogen-bond acceptors (Lipinski definition) is 4. The SMILES string of the molecule is COCCN(CCBr)c1ccccc1S(=O)(=O)C(F)(F)F. The van der Waals surface area contributed by atoms with Crippen LogP contribution in [0, 0.1) is 0 Å². The molecule has 0 heterocycles. The summed E-state index contributed by atoms with van der Waals surface area (Å²) in [5.41, 5.74) is -5.31. The summed E-state index contributed by atoms with van der Waals surface area (Å²) in [5, 5.41) is 0.483. The van der Waals surface area contributed by atoms with Crippen molar-refractivity contribution in [1.82, 2.24) is 0 Å². The number of hydrogen-bond donors (Lipinski definition) is 0. The molecule has 0 N–H and O–H groups in total. The second-order valence-electron chi connectivity index (χ2n) is 4.09. The molecule has 0 amide bonds. The minimum atomic E-state index is -5.39. The molecule has 4 nitrogen and oxygen atoms in total. The van der Waals surface area contributed by atoms with Crippen LogP contribution in [0.15, 0.2) is 29.2 Å². The Kier molecular flexibility index (Phi) is 6.48. The zero-order chi connectivity index (χ0) is 16.1. The molecule has 21 heavy (non-hydrogen) atoms. The molecule has 1 aromatic rings. The van der Waals surface area contributed by atoms with Crippen molar-refractivity contribution < 1.29 is 26.3 Å². The molecule has 0 fully saturated rings. The van der Waals surface area contributed by atoms with Gasteiger partial charge in [0.05, 0.1) is 17.2 Å². The number of ether oxygens (including phenoxy) is 1. The van der Waals surface area contributed by atoms with Crippen molar-refractivity contribution >= 4 is 31.5 Å². The average molecular weight is 390 g/mol. The highest BCUT2D eigenvalue weighted by Gasteiger charge is 2.48. The third-order valence-corrected chi connectivity index (χ3v) is 4.61. The Balaban J connectivity index is 3.31. The Morgan fingerprint density at radius 3 is 2.38 bits per heavy atom. The van der Waals surface area contributed by atoms with Crippen LogP contribution in [0.3, 0.4) is 0 Å². The van der Waals surface area contributed by atoms with Gasteiger partial charge in [-0.05, 0) is 12.1 Å². The topological polar surface area (TPSA) is 46.6 Å². The minimum Gasteiger partial charge on any atom is -0.383 e. The summed E-state index contributed by atoms with van der Waals surface area (Å²) in [5.74, 6) is 0. The van der Waals surface area contributed by atoms with E-state index in [-0.39, 0.29) is 18.8 Å². The molecular formula is C12H15BrF3NO3S. The van der Waals surface area contributed by atoms with E-state index >= 15 is 0 Å². The van der Waals surface area contributed by atoms with E-state index < -0.39 is 20.2 Å². The van der Waals surface area contributed by atoms with Gasteiger partial charge in [-0.15, -0.1) is 0 Å². The van der Waals surface area contributed by atoms with E-state index in [0.717, 1.165) is 6.07 Å². The number of halogens is 4. The van der Waals surface area contributed by atoms with Gasteiger partial charge in [0, 0.05) is 25.5 Å². The molecule has 1 rings (SSSR count). The van der Waals surface area contributed by atoms with Crippen molar-refractivity contribution in [3.63, 3.8) is 0 Å². The molecule has 0 bridgehead atoms. The number of nitrogens with zero attached hydrogens (tertiary/aromatic N) is 1. The Hall–Kier alpha value is -0.800. The average Bonchev–Trinajstić information content (AvgIpc) is 2.42. The number of alkyl halides is 4. The van der Waals surface area contributed by atoms with Crippen LogP contribution in [-0.4, -0.2) is 46.1 Å². The van der Waals surface area contributed by atoms with E-state index in [1.54, 1.807) is 0 Å². The summed E-state index contributed by atoms with van der Waals surface area (Å²) in [6.07, 6.45) is 0. The first-order valence-electron chi connectivity index (χ1n) is 5.96. The fourth-order valence-electron chi connectivity index (χ4n) is 1.73. The fraction of sp³-hybridized carbons (Fsp3) is 0.500. The lowest BCUT2D eigenvalue weighted by molar-refractivity contribution is -0.0435. The normalized spacial score (nSPS) is 12.4. The third kappa shape index (κ3) is 4.33. The Labute approximate surface area is 129 Å². The van der Waals surface area contributed by atoms with E-state index in [1.165, 1.54) is 30.2 Å². The minimum absolute atomic E-state index is 0.0197. The molecule has 0 radical (unpaired) electrons. The molecule has 0 atom stereocenters. The molecule has 1 aromatic carbocycles. The van der Waals surface area contributed by atoms with Gasteiger partial charge in [-0.3, -0.25) is 0 Å². The molecule has 0 aliphatic rings. The highest BCUT2D eigenvalue weighted by Crippen LogP contribution is 2.35. The van der Waals surface area contributed by atoms with Crippen LogP contribution in [0.5, 0.6) is 0 Å². The van der Waals surface area contributed by atoms with Crippen molar-refractivity contribution in [2.24, 2.45) is 0 Å². The summed E-state index contributed by atoms with van der Waals surface area (Å²) in [6, 6.07) is 5.09. The van der Waals surface area contributed by atoms with Gasteiger partial charge in [0.15, 0.2) is 0 Å². The van der Waals surface area contributed by atoms with E-state index in [1.807, 2.05) is 0 Å². The molecule has 0 saturated heterocycles. The Morgan fingerprint density at radius 2 is 1.86 bits per heavy atom. The van der Waals surface area contributed by atoms with Gasteiger partial charge < -0.3 is 9.64 Å². The first-order valence-corrected chi connectivity index (χ1v) is 8.56. The number of rotatable bonds is 7. The summed E-state index contributed by atoms with van der Waals surface area (Å²) in [6.45, 7) is 0.910. The number of benzene rings is 1. The molecule has 0 saturated carbocycles. The highest BCUT2D eigenvalue weighted by molar-refractivity contribution is 9.09. The van der Waals surface area contributed by atoms with Crippen LogP contribution in [-0.2, 0) is 14.6 Å². The first-order chi connectivity index (χ1) is 9.75. The van der Waals surface area contributed by atoms with Crippen molar-refractivity contribution in [3.05, 3.63) is 24.3 Å². The van der Waals surface area contributed by atoms with Gasteiger partial charge in [0.2, 0.25) is 0 Å².